The zero-order valence-corrected chi connectivity index (χ0v) is 12.4. The second-order valence-electron chi connectivity index (χ2n) is 5.24. The van der Waals surface area contributed by atoms with Crippen LogP contribution >= 0.6 is 0 Å². The predicted molar refractivity (Wildman–Crippen MR) is 79.1 cm³/mol. The Balaban J connectivity index is 2.27. The molecule has 1 aromatic carbocycles. The van der Waals surface area contributed by atoms with Crippen LogP contribution in [-0.2, 0) is 9.84 Å². The highest BCUT2D eigenvalue weighted by atomic mass is 32.2. The molecule has 0 amide bonds. The van der Waals surface area contributed by atoms with Gasteiger partial charge < -0.3 is 10.6 Å². The van der Waals surface area contributed by atoms with Gasteiger partial charge in [0.15, 0.2) is 9.84 Å². The molecule has 5 heteroatoms. The summed E-state index contributed by atoms with van der Waals surface area (Å²) in [6.45, 7) is 2.06. The number of nitrogens with two attached hydrogens (primary N) is 1. The number of para-hydroxylation sites is 1. The summed E-state index contributed by atoms with van der Waals surface area (Å²) in [6.07, 6.45) is 1.57. The summed E-state index contributed by atoms with van der Waals surface area (Å²) in [6, 6.07) is 8.07. The molecule has 1 unspecified atom stereocenters. The van der Waals surface area contributed by atoms with E-state index in [1.54, 1.807) is 0 Å². The largest absolute Gasteiger partial charge is 0.370 e. The Morgan fingerprint density at radius 1 is 1.42 bits per heavy atom. The van der Waals surface area contributed by atoms with Crippen molar-refractivity contribution in [1.82, 2.24) is 0 Å². The van der Waals surface area contributed by atoms with Crippen LogP contribution in [0.15, 0.2) is 24.3 Å². The van der Waals surface area contributed by atoms with Crippen LogP contribution in [0, 0.1) is 0 Å². The van der Waals surface area contributed by atoms with Crippen LogP contribution in [0.2, 0.25) is 0 Å². The van der Waals surface area contributed by atoms with E-state index in [0.717, 1.165) is 17.7 Å². The molecule has 1 aromatic rings. The number of hydrogen-bond acceptors (Lipinski definition) is 4. The third-order valence-electron chi connectivity index (χ3n) is 3.91. The van der Waals surface area contributed by atoms with Crippen molar-refractivity contribution < 1.29 is 8.42 Å². The fraction of sp³-hybridized carbons (Fsp3) is 0.571. The number of benzene rings is 1. The lowest BCUT2D eigenvalue weighted by atomic mass is 10.0. The van der Waals surface area contributed by atoms with E-state index in [9.17, 15) is 8.42 Å². The molecule has 0 radical (unpaired) electrons. The highest BCUT2D eigenvalue weighted by Gasteiger charge is 2.31. The monoisotopic (exact) mass is 282 g/mol. The Bertz CT molecular complexity index is 542. The van der Waals surface area contributed by atoms with Gasteiger partial charge in [-0.3, -0.25) is 0 Å². The van der Waals surface area contributed by atoms with Gasteiger partial charge in [0.1, 0.15) is 0 Å². The van der Waals surface area contributed by atoms with Crippen LogP contribution in [0.3, 0.4) is 0 Å². The van der Waals surface area contributed by atoms with Gasteiger partial charge in [-0.1, -0.05) is 25.1 Å². The van der Waals surface area contributed by atoms with Crippen molar-refractivity contribution in [3.05, 3.63) is 29.8 Å². The molecule has 0 bridgehead atoms. The molecule has 0 aromatic heterocycles. The minimum Gasteiger partial charge on any atom is -0.370 e. The minimum absolute atomic E-state index is 0.00309. The number of hydrogen-bond donors (Lipinski definition) is 1. The predicted octanol–water partition coefficient (Wildman–Crippen LogP) is 1.72. The lowest BCUT2D eigenvalue weighted by Crippen LogP contribution is -2.33. The van der Waals surface area contributed by atoms with E-state index in [2.05, 4.69) is 11.8 Å². The Labute approximate surface area is 115 Å². The van der Waals surface area contributed by atoms with Gasteiger partial charge in [0, 0.05) is 24.8 Å². The van der Waals surface area contributed by atoms with Crippen LogP contribution in [0.25, 0.3) is 0 Å². The van der Waals surface area contributed by atoms with Gasteiger partial charge >= 0.3 is 0 Å². The molecule has 2 N–H and O–H groups in total. The number of sulfone groups is 1. The van der Waals surface area contributed by atoms with Gasteiger partial charge in [-0.15, -0.1) is 0 Å². The van der Waals surface area contributed by atoms with E-state index in [1.165, 1.54) is 0 Å². The Hall–Kier alpha value is -1.07. The number of rotatable bonds is 4. The van der Waals surface area contributed by atoms with Gasteiger partial charge in [0.25, 0.3) is 0 Å². The maximum absolute atomic E-state index is 11.6. The molecule has 2 atom stereocenters. The van der Waals surface area contributed by atoms with Gasteiger partial charge in [0.05, 0.1) is 11.5 Å². The van der Waals surface area contributed by atoms with Crippen molar-refractivity contribution in [2.45, 2.75) is 31.8 Å². The average molecular weight is 282 g/mol. The first-order valence-electron chi connectivity index (χ1n) is 6.72. The maximum atomic E-state index is 11.6. The second kappa shape index (κ2) is 5.51. The molecule has 0 spiro atoms. The van der Waals surface area contributed by atoms with E-state index in [-0.39, 0.29) is 17.8 Å². The smallest absolute Gasteiger partial charge is 0.152 e. The number of anilines is 1. The SMILES string of the molecule is CC[C@@H](N)c1ccccc1N(C)C1CCS(=O)(=O)C1. The van der Waals surface area contributed by atoms with Crippen molar-refractivity contribution >= 4 is 15.5 Å². The van der Waals surface area contributed by atoms with Gasteiger partial charge in [-0.25, -0.2) is 8.42 Å². The highest BCUT2D eigenvalue weighted by molar-refractivity contribution is 7.91. The van der Waals surface area contributed by atoms with Crippen molar-refractivity contribution in [1.29, 1.82) is 0 Å². The summed E-state index contributed by atoms with van der Waals surface area (Å²) in [5.41, 5.74) is 8.29. The van der Waals surface area contributed by atoms with Crippen LogP contribution in [-0.4, -0.2) is 33.0 Å². The first kappa shape index (κ1) is 14.3. The van der Waals surface area contributed by atoms with Crippen LogP contribution in [0.5, 0.6) is 0 Å². The molecule has 0 saturated carbocycles. The lowest BCUT2D eigenvalue weighted by Gasteiger charge is -2.29. The van der Waals surface area contributed by atoms with Gasteiger partial charge in [-0.05, 0) is 24.5 Å². The third kappa shape index (κ3) is 3.09. The summed E-state index contributed by atoms with van der Waals surface area (Å²) in [5, 5.41) is 0. The Morgan fingerprint density at radius 3 is 2.68 bits per heavy atom. The standard InChI is InChI=1S/C14H22N2O2S/c1-3-13(15)12-6-4-5-7-14(12)16(2)11-8-9-19(17,18)10-11/h4-7,11,13H,3,8-10,15H2,1-2H3/t11?,13-/m1/s1. The minimum atomic E-state index is -2.86. The van der Waals surface area contributed by atoms with Crippen LogP contribution < -0.4 is 10.6 Å². The maximum Gasteiger partial charge on any atom is 0.152 e. The fourth-order valence-electron chi connectivity index (χ4n) is 2.62. The molecule has 2 rings (SSSR count). The number of nitrogens with zero attached hydrogens (tertiary/aromatic N) is 1. The second-order valence-corrected chi connectivity index (χ2v) is 7.47. The summed E-state index contributed by atoms with van der Waals surface area (Å²) < 4.78 is 23.2. The highest BCUT2D eigenvalue weighted by Crippen LogP contribution is 2.29. The van der Waals surface area contributed by atoms with Gasteiger partial charge in [-0.2, -0.15) is 0 Å². The van der Waals surface area contributed by atoms with Crippen molar-refractivity contribution in [3.8, 4) is 0 Å². The van der Waals surface area contributed by atoms with E-state index in [4.69, 9.17) is 5.73 Å². The molecule has 106 valence electrons. The van der Waals surface area contributed by atoms with E-state index in [1.807, 2.05) is 31.3 Å². The molecule has 1 saturated heterocycles. The zero-order valence-electron chi connectivity index (χ0n) is 11.5. The third-order valence-corrected chi connectivity index (χ3v) is 5.66. The molecule has 1 fully saturated rings. The average Bonchev–Trinajstić information content (AvgIpc) is 2.77. The molecular formula is C14H22N2O2S. The normalized spacial score (nSPS) is 23.2. The molecule has 4 nitrogen and oxygen atoms in total. The topological polar surface area (TPSA) is 63.4 Å². The summed E-state index contributed by atoms with van der Waals surface area (Å²) in [7, 11) is -0.895. The quantitative estimate of drug-likeness (QED) is 0.913. The fourth-order valence-corrected chi connectivity index (χ4v) is 4.39. The molecule has 0 aliphatic carbocycles. The van der Waals surface area contributed by atoms with E-state index < -0.39 is 9.84 Å². The Kier molecular flexibility index (Phi) is 4.16. The molecular weight excluding hydrogens is 260 g/mol. The molecule has 1 heterocycles. The van der Waals surface area contributed by atoms with Crippen LogP contribution in [0.1, 0.15) is 31.4 Å². The van der Waals surface area contributed by atoms with E-state index >= 15 is 0 Å². The lowest BCUT2D eigenvalue weighted by molar-refractivity contribution is 0.600. The van der Waals surface area contributed by atoms with Crippen LogP contribution in [0.4, 0.5) is 5.69 Å². The first-order chi connectivity index (χ1) is 8.94. The van der Waals surface area contributed by atoms with Crippen molar-refractivity contribution in [3.63, 3.8) is 0 Å². The molecule has 19 heavy (non-hydrogen) atoms. The summed E-state index contributed by atoms with van der Waals surface area (Å²) >= 11 is 0. The first-order valence-corrected chi connectivity index (χ1v) is 8.54. The molecule has 1 aliphatic rings. The Morgan fingerprint density at radius 2 is 2.11 bits per heavy atom. The summed E-state index contributed by atoms with van der Waals surface area (Å²) in [5.74, 6) is 0.545. The van der Waals surface area contributed by atoms with Crippen molar-refractivity contribution in [2.24, 2.45) is 5.73 Å². The zero-order chi connectivity index (χ0) is 14.0. The summed E-state index contributed by atoms with van der Waals surface area (Å²) in [4.78, 5) is 2.08. The molecule has 1 aliphatic heterocycles. The van der Waals surface area contributed by atoms with Gasteiger partial charge in [0.2, 0.25) is 0 Å². The van der Waals surface area contributed by atoms with E-state index in [0.29, 0.717) is 12.2 Å². The van der Waals surface area contributed by atoms with Crippen molar-refractivity contribution in [2.75, 3.05) is 23.5 Å².